The fraction of sp³-hybridized carbons (Fsp3) is 0.440. The van der Waals surface area contributed by atoms with Gasteiger partial charge in [0.2, 0.25) is 5.91 Å². The van der Waals surface area contributed by atoms with Crippen molar-refractivity contribution in [2.24, 2.45) is 11.8 Å². The van der Waals surface area contributed by atoms with Crippen LogP contribution in [0.4, 0.5) is 0 Å². The molecule has 2 heterocycles. The maximum atomic E-state index is 13.2. The first-order valence-electron chi connectivity index (χ1n) is 11.7. The van der Waals surface area contributed by atoms with Crippen LogP contribution in [0.25, 0.3) is 10.9 Å². The first-order chi connectivity index (χ1) is 16.7. The Labute approximate surface area is 204 Å². The van der Waals surface area contributed by atoms with Crippen molar-refractivity contribution in [1.29, 1.82) is 0 Å². The number of hydrogen-bond acceptors (Lipinski definition) is 5. The maximum Gasteiger partial charge on any atom is 0.268 e. The molecule has 1 aliphatic heterocycles. The molecule has 4 N–H and O–H groups in total. The van der Waals surface area contributed by atoms with Crippen molar-refractivity contribution in [3.8, 4) is 5.75 Å². The predicted octanol–water partition coefficient (Wildman–Crippen LogP) is 1.89. The number of methoxy groups -OCH3 is 1. The molecular formula is C25H33N5O5. The normalized spacial score (nSPS) is 16.4. The molecule has 0 saturated carbocycles. The Morgan fingerprint density at radius 3 is 2.69 bits per heavy atom. The zero-order chi connectivity index (χ0) is 25.5. The molecule has 3 rings (SSSR count). The number of amides is 4. The van der Waals surface area contributed by atoms with Crippen molar-refractivity contribution in [2.75, 3.05) is 20.2 Å². The molecular weight excluding hydrogens is 450 g/mol. The molecule has 188 valence electrons. The van der Waals surface area contributed by atoms with E-state index in [-0.39, 0.29) is 24.1 Å². The summed E-state index contributed by atoms with van der Waals surface area (Å²) < 4.78 is 5.35. The molecule has 10 heteroatoms. The van der Waals surface area contributed by atoms with Gasteiger partial charge in [-0.25, -0.2) is 5.01 Å². The van der Waals surface area contributed by atoms with Crippen molar-refractivity contribution < 1.29 is 23.9 Å². The molecule has 0 unspecified atom stereocenters. The van der Waals surface area contributed by atoms with E-state index in [1.54, 1.807) is 32.2 Å². The lowest BCUT2D eigenvalue weighted by Gasteiger charge is -2.27. The summed E-state index contributed by atoms with van der Waals surface area (Å²) in [5, 5.41) is 7.41. The second-order valence-electron chi connectivity index (χ2n) is 8.96. The van der Waals surface area contributed by atoms with E-state index in [0.717, 1.165) is 15.9 Å². The molecule has 35 heavy (non-hydrogen) atoms. The summed E-state index contributed by atoms with van der Waals surface area (Å²) in [6.07, 6.45) is 3.82. The van der Waals surface area contributed by atoms with Crippen LogP contribution < -0.4 is 20.8 Å². The lowest BCUT2D eigenvalue weighted by atomic mass is 10.0. The van der Waals surface area contributed by atoms with Gasteiger partial charge in [-0.15, -0.1) is 0 Å². The van der Waals surface area contributed by atoms with Gasteiger partial charge in [-0.1, -0.05) is 26.0 Å². The number of fused-ring (bicyclic) bond motifs is 1. The summed E-state index contributed by atoms with van der Waals surface area (Å²) >= 11 is 0. The molecule has 1 aromatic carbocycles. The van der Waals surface area contributed by atoms with Crippen LogP contribution >= 0.6 is 0 Å². The van der Waals surface area contributed by atoms with Crippen molar-refractivity contribution >= 4 is 34.5 Å². The smallest absolute Gasteiger partial charge is 0.268 e. The van der Waals surface area contributed by atoms with Gasteiger partial charge in [0.25, 0.3) is 17.7 Å². The highest BCUT2D eigenvalue weighted by Crippen LogP contribution is 2.26. The van der Waals surface area contributed by atoms with Gasteiger partial charge in [0, 0.05) is 23.5 Å². The molecule has 10 nitrogen and oxygen atoms in total. The van der Waals surface area contributed by atoms with Gasteiger partial charge in [0.1, 0.15) is 17.5 Å². The van der Waals surface area contributed by atoms with Crippen LogP contribution in [0, 0.1) is 11.8 Å². The third-order valence-electron chi connectivity index (χ3n) is 5.80. The molecule has 1 fully saturated rings. The number of nitrogens with zero attached hydrogens (tertiary/aromatic N) is 1. The summed E-state index contributed by atoms with van der Waals surface area (Å²) in [5.74, 6) is -1.28. The molecule has 1 aromatic heterocycles. The minimum absolute atomic E-state index is 0.0465. The van der Waals surface area contributed by atoms with Crippen LogP contribution in [0.2, 0.25) is 0 Å². The number of rotatable bonds is 9. The Kier molecular flexibility index (Phi) is 8.51. The van der Waals surface area contributed by atoms with Gasteiger partial charge < -0.3 is 20.4 Å². The number of benzene rings is 1. The number of hydrogen-bond donors (Lipinski definition) is 4. The Balaban J connectivity index is 1.77. The Morgan fingerprint density at radius 1 is 1.29 bits per heavy atom. The molecule has 0 bridgehead atoms. The number of carbonyl (C=O) groups excluding carboxylic acids is 4. The minimum atomic E-state index is -0.894. The highest BCUT2D eigenvalue weighted by molar-refractivity contribution is 6.01. The van der Waals surface area contributed by atoms with Crippen LogP contribution in [-0.4, -0.2) is 59.9 Å². The lowest BCUT2D eigenvalue weighted by molar-refractivity contribution is -0.140. The fourth-order valence-electron chi connectivity index (χ4n) is 4.04. The molecule has 1 saturated heterocycles. The van der Waals surface area contributed by atoms with Crippen LogP contribution in [0.15, 0.2) is 36.4 Å². The Bertz CT molecular complexity index is 1120. The summed E-state index contributed by atoms with van der Waals surface area (Å²) in [7, 11) is 1.56. The molecule has 0 spiro atoms. The number of hydrazine groups is 1. The van der Waals surface area contributed by atoms with E-state index in [1.165, 1.54) is 6.08 Å². The molecule has 0 aliphatic carbocycles. The van der Waals surface area contributed by atoms with Gasteiger partial charge in [-0.05, 0) is 43.9 Å². The summed E-state index contributed by atoms with van der Waals surface area (Å²) in [6, 6.07) is 6.23. The van der Waals surface area contributed by atoms with Crippen molar-refractivity contribution in [1.82, 2.24) is 26.1 Å². The topological polar surface area (TPSA) is 133 Å². The van der Waals surface area contributed by atoms with E-state index in [9.17, 15) is 19.2 Å². The summed E-state index contributed by atoms with van der Waals surface area (Å²) in [6.45, 7) is 6.14. The summed E-state index contributed by atoms with van der Waals surface area (Å²) in [5.41, 5.74) is 3.65. The standard InChI is InChI=1S/C25H33N5O5/c1-5-7-22(31)30(14-16-10-11-26-23(16)32)29-25(34)19(12-15(2)3)28-24(33)20-13-17-18(27-20)8-6-9-21(17)35-4/h5-9,13,15-16,19,27H,10-12,14H2,1-4H3,(H,26,32)(H,28,33)(H,29,34)/b7-5-/t16-,19-/m0/s1. The molecule has 0 radical (unpaired) electrons. The van der Waals surface area contributed by atoms with Crippen LogP contribution in [0.1, 0.15) is 44.1 Å². The molecule has 4 amide bonds. The predicted molar refractivity (Wildman–Crippen MR) is 131 cm³/mol. The second kappa shape index (κ2) is 11.5. The SMILES string of the molecule is C/C=C\C(=O)N(C[C@@H]1CCNC1=O)NC(=O)[C@H](CC(C)C)NC(=O)c1cc2c(OC)cccc2[nH]1. The van der Waals surface area contributed by atoms with E-state index in [0.29, 0.717) is 25.1 Å². The van der Waals surface area contributed by atoms with E-state index in [2.05, 4.69) is 21.0 Å². The number of aromatic amines is 1. The van der Waals surface area contributed by atoms with Gasteiger partial charge in [0.05, 0.1) is 19.6 Å². The average Bonchev–Trinajstić information content (AvgIpc) is 3.43. The highest BCUT2D eigenvalue weighted by Gasteiger charge is 2.31. The second-order valence-corrected chi connectivity index (χ2v) is 8.96. The van der Waals surface area contributed by atoms with Crippen molar-refractivity contribution in [2.45, 2.75) is 39.7 Å². The van der Waals surface area contributed by atoms with Gasteiger partial charge >= 0.3 is 0 Å². The van der Waals surface area contributed by atoms with Crippen molar-refractivity contribution in [3.05, 3.63) is 42.1 Å². The van der Waals surface area contributed by atoms with Crippen LogP contribution in [0.5, 0.6) is 5.75 Å². The lowest BCUT2D eigenvalue weighted by Crippen LogP contribution is -2.55. The number of nitrogens with one attached hydrogen (secondary N) is 4. The molecule has 2 atom stereocenters. The first-order valence-corrected chi connectivity index (χ1v) is 11.7. The monoisotopic (exact) mass is 483 g/mol. The number of H-pyrrole nitrogens is 1. The average molecular weight is 484 g/mol. The number of carbonyl (C=O) groups is 4. The van der Waals surface area contributed by atoms with Crippen LogP contribution in [0.3, 0.4) is 0 Å². The fourth-order valence-corrected chi connectivity index (χ4v) is 4.04. The van der Waals surface area contributed by atoms with Gasteiger partial charge in [0.15, 0.2) is 0 Å². The first kappa shape index (κ1) is 25.8. The number of allylic oxidation sites excluding steroid dienone is 1. The third kappa shape index (κ3) is 6.40. The summed E-state index contributed by atoms with van der Waals surface area (Å²) in [4.78, 5) is 54.0. The zero-order valence-corrected chi connectivity index (χ0v) is 20.5. The van der Waals surface area contributed by atoms with E-state index in [1.807, 2.05) is 26.0 Å². The molecule has 1 aliphatic rings. The van der Waals surface area contributed by atoms with E-state index >= 15 is 0 Å². The Morgan fingerprint density at radius 2 is 2.06 bits per heavy atom. The number of ether oxygens (including phenoxy) is 1. The highest BCUT2D eigenvalue weighted by atomic mass is 16.5. The van der Waals surface area contributed by atoms with Crippen LogP contribution in [-0.2, 0) is 14.4 Å². The van der Waals surface area contributed by atoms with E-state index in [4.69, 9.17) is 4.74 Å². The largest absolute Gasteiger partial charge is 0.496 e. The zero-order valence-electron chi connectivity index (χ0n) is 20.5. The van der Waals surface area contributed by atoms with Gasteiger partial charge in [-0.3, -0.25) is 24.6 Å². The minimum Gasteiger partial charge on any atom is -0.496 e. The van der Waals surface area contributed by atoms with E-state index < -0.39 is 29.7 Å². The maximum absolute atomic E-state index is 13.2. The molecule has 2 aromatic rings. The number of aromatic nitrogens is 1. The van der Waals surface area contributed by atoms with Crippen molar-refractivity contribution in [3.63, 3.8) is 0 Å². The van der Waals surface area contributed by atoms with Gasteiger partial charge in [-0.2, -0.15) is 0 Å². The quantitative estimate of drug-likeness (QED) is 0.319. The Hall–Kier alpha value is -3.82. The third-order valence-corrected chi connectivity index (χ3v) is 5.80.